The van der Waals surface area contributed by atoms with Gasteiger partial charge in [0.15, 0.2) is 5.82 Å². The lowest BCUT2D eigenvalue weighted by Gasteiger charge is -2.17. The van der Waals surface area contributed by atoms with Crippen molar-refractivity contribution in [2.45, 2.75) is 6.42 Å². The lowest BCUT2D eigenvalue weighted by atomic mass is 10.1. The normalized spacial score (nSPS) is 18.9. The van der Waals surface area contributed by atoms with E-state index in [4.69, 9.17) is 17.1 Å². The van der Waals surface area contributed by atoms with Crippen LogP contribution in [0.5, 0.6) is 0 Å². The van der Waals surface area contributed by atoms with E-state index >= 15 is 0 Å². The number of amides is 1. The quantitative estimate of drug-likeness (QED) is 0.472. The summed E-state index contributed by atoms with van der Waals surface area (Å²) in [7, 11) is 0. The molecule has 1 fully saturated rings. The van der Waals surface area contributed by atoms with E-state index < -0.39 is 5.82 Å². The Morgan fingerprint density at radius 2 is 2.39 bits per heavy atom. The molecular weight excluding hydrogens is 259 g/mol. The lowest BCUT2D eigenvalue weighted by Crippen LogP contribution is -2.25. The molecule has 0 aromatic heterocycles. The Morgan fingerprint density at radius 1 is 1.61 bits per heavy atom. The minimum Gasteiger partial charge on any atom is -0.309 e. The molecule has 1 heterocycles. The van der Waals surface area contributed by atoms with Crippen LogP contribution in [-0.4, -0.2) is 19.0 Å². The van der Waals surface area contributed by atoms with Crippen molar-refractivity contribution in [1.82, 2.24) is 0 Å². The summed E-state index contributed by atoms with van der Waals surface area (Å²) >= 11 is 5.68. The van der Waals surface area contributed by atoms with Crippen molar-refractivity contribution in [2.75, 3.05) is 18.0 Å². The van der Waals surface area contributed by atoms with Gasteiger partial charge in [-0.25, -0.2) is 4.39 Å². The van der Waals surface area contributed by atoms with Crippen molar-refractivity contribution < 1.29 is 9.18 Å². The molecule has 0 aliphatic carbocycles. The molecule has 0 saturated carbocycles. The van der Waals surface area contributed by atoms with Crippen LogP contribution in [0.15, 0.2) is 23.3 Å². The van der Waals surface area contributed by atoms with Gasteiger partial charge in [-0.2, -0.15) is 0 Å². The van der Waals surface area contributed by atoms with Gasteiger partial charge in [0.1, 0.15) is 0 Å². The molecule has 94 valence electrons. The highest BCUT2D eigenvalue weighted by Gasteiger charge is 2.31. The van der Waals surface area contributed by atoms with Crippen molar-refractivity contribution in [3.63, 3.8) is 0 Å². The maximum atomic E-state index is 13.8. The smallest absolute Gasteiger partial charge is 0.227 e. The monoisotopic (exact) mass is 268 g/mol. The Labute approximate surface area is 108 Å². The molecule has 5 nitrogen and oxygen atoms in total. The highest BCUT2D eigenvalue weighted by atomic mass is 35.5. The van der Waals surface area contributed by atoms with Gasteiger partial charge in [-0.1, -0.05) is 22.8 Å². The van der Waals surface area contributed by atoms with Crippen LogP contribution in [0, 0.1) is 11.7 Å². The summed E-state index contributed by atoms with van der Waals surface area (Å²) in [6.07, 6.45) is 0.255. The van der Waals surface area contributed by atoms with E-state index in [9.17, 15) is 9.18 Å². The summed E-state index contributed by atoms with van der Waals surface area (Å²) < 4.78 is 13.8. The summed E-state index contributed by atoms with van der Waals surface area (Å²) in [4.78, 5) is 15.8. The summed E-state index contributed by atoms with van der Waals surface area (Å²) in [5.74, 6) is -0.863. The Kier molecular flexibility index (Phi) is 3.69. The molecule has 7 heteroatoms. The molecule has 0 N–H and O–H groups in total. The third kappa shape index (κ3) is 2.39. The number of hydrogen-bond donors (Lipinski definition) is 0. The van der Waals surface area contributed by atoms with Crippen LogP contribution in [-0.2, 0) is 4.79 Å². The Bertz CT molecular complexity index is 530. The van der Waals surface area contributed by atoms with Crippen LogP contribution < -0.4 is 4.90 Å². The van der Waals surface area contributed by atoms with E-state index in [0.29, 0.717) is 6.54 Å². The first-order chi connectivity index (χ1) is 8.63. The fourth-order valence-corrected chi connectivity index (χ4v) is 2.16. The number of benzene rings is 1. The van der Waals surface area contributed by atoms with Gasteiger partial charge < -0.3 is 4.90 Å². The zero-order valence-corrected chi connectivity index (χ0v) is 10.1. The number of hydrogen-bond acceptors (Lipinski definition) is 2. The van der Waals surface area contributed by atoms with Gasteiger partial charge in [0.2, 0.25) is 5.91 Å². The highest BCUT2D eigenvalue weighted by molar-refractivity contribution is 6.31. The maximum absolute atomic E-state index is 13.8. The highest BCUT2D eigenvalue weighted by Crippen LogP contribution is 2.30. The van der Waals surface area contributed by atoms with E-state index in [1.54, 1.807) is 6.07 Å². The molecule has 1 amide bonds. The number of halogens is 2. The van der Waals surface area contributed by atoms with Crippen molar-refractivity contribution in [3.8, 4) is 0 Å². The number of carbonyl (C=O) groups is 1. The average Bonchev–Trinajstić information content (AvgIpc) is 2.71. The molecule has 1 aliphatic rings. The standard InChI is InChI=1S/C11H10ClFN4O/c12-8-2-1-3-9(11(8)13)17-6-7(4-10(17)18)5-15-16-14/h1-3,7H,4-6H2. The molecule has 1 aromatic rings. The van der Waals surface area contributed by atoms with E-state index in [0.717, 1.165) is 0 Å². The first-order valence-electron chi connectivity index (χ1n) is 5.38. The van der Waals surface area contributed by atoms with Crippen LogP contribution in [0.25, 0.3) is 10.4 Å². The molecule has 1 saturated heterocycles. The van der Waals surface area contributed by atoms with E-state index in [1.807, 2.05) is 0 Å². The third-order valence-corrected chi connectivity index (χ3v) is 3.12. The summed E-state index contributed by atoms with van der Waals surface area (Å²) in [5, 5.41) is 3.42. The van der Waals surface area contributed by atoms with Crippen LogP contribution in [0.3, 0.4) is 0 Å². The van der Waals surface area contributed by atoms with Gasteiger partial charge in [0.25, 0.3) is 0 Å². The number of carbonyl (C=O) groups excluding carboxylic acids is 1. The summed E-state index contributed by atoms with van der Waals surface area (Å²) in [6.45, 7) is 0.579. The second-order valence-electron chi connectivity index (χ2n) is 4.06. The molecule has 2 rings (SSSR count). The van der Waals surface area contributed by atoms with Crippen LogP contribution in [0.2, 0.25) is 5.02 Å². The van der Waals surface area contributed by atoms with Gasteiger partial charge in [-0.3, -0.25) is 4.79 Å². The average molecular weight is 269 g/mol. The second-order valence-corrected chi connectivity index (χ2v) is 4.47. The molecule has 0 radical (unpaired) electrons. The number of azide groups is 1. The molecule has 1 aromatic carbocycles. The number of anilines is 1. The fourth-order valence-electron chi connectivity index (χ4n) is 1.99. The number of rotatable bonds is 3. The first-order valence-corrected chi connectivity index (χ1v) is 5.76. The van der Waals surface area contributed by atoms with Gasteiger partial charge >= 0.3 is 0 Å². The molecule has 1 atom stereocenters. The zero-order valence-electron chi connectivity index (χ0n) is 9.38. The molecular formula is C11H10ClFN4O. The summed E-state index contributed by atoms with van der Waals surface area (Å²) in [5.41, 5.74) is 8.42. The van der Waals surface area contributed by atoms with Crippen LogP contribution in [0.1, 0.15) is 6.42 Å². The van der Waals surface area contributed by atoms with Crippen molar-refractivity contribution >= 4 is 23.2 Å². The summed E-state index contributed by atoms with van der Waals surface area (Å²) in [6, 6.07) is 4.53. The minimum absolute atomic E-state index is 0.0150. The van der Waals surface area contributed by atoms with E-state index in [-0.39, 0.29) is 35.5 Å². The number of nitrogens with zero attached hydrogens (tertiary/aromatic N) is 4. The Balaban J connectivity index is 2.21. The predicted octanol–water partition coefficient (Wildman–Crippen LogP) is 3.14. The SMILES string of the molecule is [N-]=[N+]=NCC1CC(=O)N(c2cccc(Cl)c2F)C1. The topological polar surface area (TPSA) is 69.1 Å². The van der Waals surface area contributed by atoms with E-state index in [2.05, 4.69) is 10.0 Å². The van der Waals surface area contributed by atoms with Gasteiger partial charge in [0, 0.05) is 24.4 Å². The molecule has 0 bridgehead atoms. The molecule has 1 unspecified atom stereocenters. The lowest BCUT2D eigenvalue weighted by molar-refractivity contribution is -0.117. The molecule has 0 spiro atoms. The first kappa shape index (κ1) is 12.7. The van der Waals surface area contributed by atoms with Crippen molar-refractivity contribution in [1.29, 1.82) is 0 Å². The van der Waals surface area contributed by atoms with E-state index in [1.165, 1.54) is 17.0 Å². The third-order valence-electron chi connectivity index (χ3n) is 2.83. The van der Waals surface area contributed by atoms with Gasteiger partial charge in [-0.15, -0.1) is 0 Å². The van der Waals surface area contributed by atoms with Gasteiger partial charge in [-0.05, 0) is 23.6 Å². The second kappa shape index (κ2) is 5.25. The van der Waals surface area contributed by atoms with Gasteiger partial charge in [0.05, 0.1) is 10.7 Å². The predicted molar refractivity (Wildman–Crippen MR) is 65.9 cm³/mol. The maximum Gasteiger partial charge on any atom is 0.227 e. The fraction of sp³-hybridized carbons (Fsp3) is 0.364. The largest absolute Gasteiger partial charge is 0.309 e. The van der Waals surface area contributed by atoms with Crippen molar-refractivity contribution in [2.24, 2.45) is 11.0 Å². The Hall–Kier alpha value is -1.78. The molecule has 18 heavy (non-hydrogen) atoms. The van der Waals surface area contributed by atoms with Crippen LogP contribution >= 0.6 is 11.6 Å². The Morgan fingerprint density at radius 3 is 3.11 bits per heavy atom. The van der Waals surface area contributed by atoms with Crippen LogP contribution in [0.4, 0.5) is 10.1 Å². The zero-order chi connectivity index (χ0) is 13.1. The van der Waals surface area contributed by atoms with Crippen molar-refractivity contribution in [3.05, 3.63) is 39.5 Å². The minimum atomic E-state index is -0.600. The molecule has 1 aliphatic heterocycles.